The summed E-state index contributed by atoms with van der Waals surface area (Å²) in [6.45, 7) is 1.15. The SMILES string of the molecule is CSc1cccc(NC(=O)c2c(Oc3ccc(Cl)cc3)nnc(C(F)(F)F)c2C)c1. The van der Waals surface area contributed by atoms with Crippen LogP contribution in [0.3, 0.4) is 0 Å². The van der Waals surface area contributed by atoms with Crippen molar-refractivity contribution in [3.63, 3.8) is 0 Å². The number of rotatable bonds is 5. The number of amides is 1. The third-order valence-corrected chi connectivity index (χ3v) is 5.01. The molecule has 0 atom stereocenters. The smallest absolute Gasteiger partial charge is 0.435 e. The number of aromatic nitrogens is 2. The first-order valence-electron chi connectivity index (χ1n) is 8.52. The van der Waals surface area contributed by atoms with Crippen molar-refractivity contribution in [2.45, 2.75) is 18.0 Å². The lowest BCUT2D eigenvalue weighted by Crippen LogP contribution is -2.20. The minimum absolute atomic E-state index is 0.242. The van der Waals surface area contributed by atoms with Gasteiger partial charge in [0, 0.05) is 15.6 Å². The van der Waals surface area contributed by atoms with E-state index >= 15 is 0 Å². The monoisotopic (exact) mass is 453 g/mol. The predicted octanol–water partition coefficient (Wildman–Crippen LogP) is 6.22. The number of nitrogens with zero attached hydrogens (tertiary/aromatic N) is 2. The van der Waals surface area contributed by atoms with Crippen LogP contribution in [0.5, 0.6) is 11.6 Å². The highest BCUT2D eigenvalue weighted by Crippen LogP contribution is 2.35. The number of anilines is 1. The molecule has 1 heterocycles. The highest BCUT2D eigenvalue weighted by Gasteiger charge is 2.38. The molecule has 1 aromatic heterocycles. The Morgan fingerprint density at radius 1 is 1.13 bits per heavy atom. The van der Waals surface area contributed by atoms with E-state index in [1.54, 1.807) is 18.2 Å². The maximum absolute atomic E-state index is 13.3. The van der Waals surface area contributed by atoms with E-state index in [-0.39, 0.29) is 22.8 Å². The zero-order chi connectivity index (χ0) is 21.9. The van der Waals surface area contributed by atoms with E-state index in [0.29, 0.717) is 10.7 Å². The van der Waals surface area contributed by atoms with Crippen molar-refractivity contribution in [3.8, 4) is 11.6 Å². The first-order valence-corrected chi connectivity index (χ1v) is 10.1. The van der Waals surface area contributed by atoms with Gasteiger partial charge in [0.1, 0.15) is 11.3 Å². The molecule has 1 N–H and O–H groups in total. The van der Waals surface area contributed by atoms with Gasteiger partial charge in [-0.2, -0.15) is 13.2 Å². The van der Waals surface area contributed by atoms with Gasteiger partial charge in [0.2, 0.25) is 0 Å². The fourth-order valence-electron chi connectivity index (χ4n) is 2.62. The Bertz CT molecular complexity index is 1080. The number of nitrogens with one attached hydrogen (secondary N) is 1. The van der Waals surface area contributed by atoms with Crippen molar-refractivity contribution in [2.24, 2.45) is 0 Å². The van der Waals surface area contributed by atoms with Crippen molar-refractivity contribution < 1.29 is 22.7 Å². The standard InChI is InChI=1S/C20H15ClF3N3O2S/c1-11-16(18(28)25-13-4-3-5-15(10-13)30-2)19(27-26-17(11)20(22,23)24)29-14-8-6-12(21)7-9-14/h3-10H,1-2H3,(H,25,28). The summed E-state index contributed by atoms with van der Waals surface area (Å²) in [5.74, 6) is -0.900. The predicted molar refractivity (Wildman–Crippen MR) is 109 cm³/mol. The summed E-state index contributed by atoms with van der Waals surface area (Å²) in [5, 5.41) is 9.81. The van der Waals surface area contributed by atoms with Gasteiger partial charge in [0.25, 0.3) is 11.8 Å². The number of thioether (sulfide) groups is 1. The zero-order valence-corrected chi connectivity index (χ0v) is 17.3. The van der Waals surface area contributed by atoms with E-state index in [2.05, 4.69) is 15.5 Å². The van der Waals surface area contributed by atoms with Crippen LogP contribution < -0.4 is 10.1 Å². The van der Waals surface area contributed by atoms with Gasteiger partial charge < -0.3 is 10.1 Å². The number of ether oxygens (including phenoxy) is 1. The second-order valence-electron chi connectivity index (χ2n) is 6.09. The molecular formula is C20H15ClF3N3O2S. The van der Waals surface area contributed by atoms with Crippen LogP contribution in [-0.4, -0.2) is 22.4 Å². The molecule has 1 amide bonds. The second-order valence-corrected chi connectivity index (χ2v) is 7.41. The highest BCUT2D eigenvalue weighted by atomic mass is 35.5. The van der Waals surface area contributed by atoms with E-state index in [1.807, 2.05) is 12.3 Å². The summed E-state index contributed by atoms with van der Waals surface area (Å²) in [6.07, 6.45) is -2.91. The lowest BCUT2D eigenvalue weighted by Gasteiger charge is -2.16. The Kier molecular flexibility index (Phi) is 6.52. The Morgan fingerprint density at radius 2 is 1.83 bits per heavy atom. The quantitative estimate of drug-likeness (QED) is 0.464. The van der Waals surface area contributed by atoms with Crippen molar-refractivity contribution in [2.75, 3.05) is 11.6 Å². The molecule has 0 aliphatic heterocycles. The van der Waals surface area contributed by atoms with Gasteiger partial charge in [-0.1, -0.05) is 17.7 Å². The molecule has 0 aliphatic rings. The van der Waals surface area contributed by atoms with Crippen molar-refractivity contribution in [1.82, 2.24) is 10.2 Å². The summed E-state index contributed by atoms with van der Waals surface area (Å²) < 4.78 is 45.5. The van der Waals surface area contributed by atoms with Crippen LogP contribution in [0.2, 0.25) is 5.02 Å². The lowest BCUT2D eigenvalue weighted by atomic mass is 10.1. The lowest BCUT2D eigenvalue weighted by molar-refractivity contribution is -0.142. The topological polar surface area (TPSA) is 64.1 Å². The Morgan fingerprint density at radius 3 is 2.47 bits per heavy atom. The number of halogens is 4. The minimum Gasteiger partial charge on any atom is -0.437 e. The van der Waals surface area contributed by atoms with Gasteiger partial charge in [-0.05, 0) is 61.2 Å². The van der Waals surface area contributed by atoms with Crippen molar-refractivity contribution >= 4 is 35.0 Å². The molecule has 3 rings (SSSR count). The number of benzene rings is 2. The summed E-state index contributed by atoms with van der Waals surface area (Å²) in [7, 11) is 0. The van der Waals surface area contributed by atoms with Crippen LogP contribution in [-0.2, 0) is 6.18 Å². The molecule has 0 radical (unpaired) electrons. The van der Waals surface area contributed by atoms with Crippen LogP contribution >= 0.6 is 23.4 Å². The third-order valence-electron chi connectivity index (χ3n) is 4.04. The van der Waals surface area contributed by atoms with E-state index in [9.17, 15) is 18.0 Å². The van der Waals surface area contributed by atoms with Crippen LogP contribution in [0.1, 0.15) is 21.6 Å². The average molecular weight is 454 g/mol. The van der Waals surface area contributed by atoms with Crippen LogP contribution in [0, 0.1) is 6.92 Å². The Balaban J connectivity index is 2.03. The summed E-state index contributed by atoms with van der Waals surface area (Å²) in [4.78, 5) is 13.8. The van der Waals surface area contributed by atoms with Gasteiger partial charge in [-0.25, -0.2) is 0 Å². The normalized spacial score (nSPS) is 11.3. The minimum atomic E-state index is -4.77. The maximum Gasteiger partial charge on any atom is 0.435 e. The fourth-order valence-corrected chi connectivity index (χ4v) is 3.20. The van der Waals surface area contributed by atoms with E-state index in [1.165, 1.54) is 36.0 Å². The summed E-state index contributed by atoms with van der Waals surface area (Å²) >= 11 is 7.30. The third kappa shape index (κ3) is 5.03. The second kappa shape index (κ2) is 8.93. The highest BCUT2D eigenvalue weighted by molar-refractivity contribution is 7.98. The van der Waals surface area contributed by atoms with Gasteiger partial charge in [-0.15, -0.1) is 22.0 Å². The Labute approximate surface area is 179 Å². The molecule has 5 nitrogen and oxygen atoms in total. The molecule has 0 unspecified atom stereocenters. The number of carbonyl (C=O) groups excluding carboxylic acids is 1. The molecule has 0 spiro atoms. The van der Waals surface area contributed by atoms with Gasteiger partial charge in [-0.3, -0.25) is 4.79 Å². The molecule has 30 heavy (non-hydrogen) atoms. The van der Waals surface area contributed by atoms with Crippen molar-refractivity contribution in [3.05, 3.63) is 70.4 Å². The first-order chi connectivity index (χ1) is 14.2. The summed E-state index contributed by atoms with van der Waals surface area (Å²) in [5.41, 5.74) is -1.58. The molecule has 0 fully saturated rings. The van der Waals surface area contributed by atoms with Crippen LogP contribution in [0.4, 0.5) is 18.9 Å². The largest absolute Gasteiger partial charge is 0.437 e. The number of hydrogen-bond donors (Lipinski definition) is 1. The molecule has 156 valence electrons. The van der Waals surface area contributed by atoms with Crippen molar-refractivity contribution in [1.29, 1.82) is 0 Å². The average Bonchev–Trinajstić information content (AvgIpc) is 2.69. The molecule has 0 bridgehead atoms. The number of carbonyl (C=O) groups is 1. The van der Waals surface area contributed by atoms with Gasteiger partial charge in [0.05, 0.1) is 0 Å². The number of alkyl halides is 3. The number of hydrogen-bond acceptors (Lipinski definition) is 5. The van der Waals surface area contributed by atoms with Gasteiger partial charge >= 0.3 is 6.18 Å². The van der Waals surface area contributed by atoms with Gasteiger partial charge in [0.15, 0.2) is 5.69 Å². The first kappa shape index (κ1) is 21.9. The molecule has 0 aliphatic carbocycles. The zero-order valence-electron chi connectivity index (χ0n) is 15.7. The molecular weight excluding hydrogens is 439 g/mol. The summed E-state index contributed by atoms with van der Waals surface area (Å²) in [6, 6.07) is 13.0. The molecule has 0 saturated heterocycles. The van der Waals surface area contributed by atoms with Crippen LogP contribution in [0.15, 0.2) is 53.4 Å². The molecule has 2 aromatic carbocycles. The molecule has 0 saturated carbocycles. The molecule has 3 aromatic rings. The van der Waals surface area contributed by atoms with E-state index < -0.39 is 17.8 Å². The maximum atomic E-state index is 13.3. The fraction of sp³-hybridized carbons (Fsp3) is 0.150. The van der Waals surface area contributed by atoms with Crippen LogP contribution in [0.25, 0.3) is 0 Å². The van der Waals surface area contributed by atoms with E-state index in [0.717, 1.165) is 11.8 Å². The van der Waals surface area contributed by atoms with E-state index in [4.69, 9.17) is 16.3 Å². The Hall–Kier alpha value is -2.78. The molecule has 10 heteroatoms.